The zero-order valence-electron chi connectivity index (χ0n) is 10.8. The summed E-state index contributed by atoms with van der Waals surface area (Å²) in [5, 5.41) is 19.4. The molecule has 20 heavy (non-hydrogen) atoms. The van der Waals surface area contributed by atoms with Gasteiger partial charge in [-0.3, -0.25) is 10.1 Å². The molecule has 2 aromatic rings. The van der Waals surface area contributed by atoms with E-state index < -0.39 is 4.92 Å². The highest BCUT2D eigenvalue weighted by Gasteiger charge is 2.17. The molecule has 0 atom stereocenters. The third-order valence-electron chi connectivity index (χ3n) is 2.06. The van der Waals surface area contributed by atoms with Crippen molar-refractivity contribution in [3.63, 3.8) is 0 Å². The Morgan fingerprint density at radius 3 is 2.85 bits per heavy atom. The monoisotopic (exact) mass is 328 g/mol. The zero-order chi connectivity index (χ0) is 14.5. The molecule has 0 aliphatic carbocycles. The fraction of sp³-hybridized carbons (Fsp3) is 0.364. The van der Waals surface area contributed by atoms with Crippen LogP contribution in [0.3, 0.4) is 0 Å². The maximum atomic E-state index is 10.9. The number of hydrogen-bond acceptors (Lipinski definition) is 8. The Labute approximate surface area is 128 Å². The van der Waals surface area contributed by atoms with Gasteiger partial charge in [0.1, 0.15) is 0 Å². The van der Waals surface area contributed by atoms with Crippen molar-refractivity contribution in [3.8, 4) is 0 Å². The van der Waals surface area contributed by atoms with Gasteiger partial charge in [-0.1, -0.05) is 36.9 Å². The summed E-state index contributed by atoms with van der Waals surface area (Å²) in [6.45, 7) is 4.28. The first kappa shape index (κ1) is 15.2. The Morgan fingerprint density at radius 2 is 2.15 bits per heavy atom. The molecule has 0 aliphatic heterocycles. The summed E-state index contributed by atoms with van der Waals surface area (Å²) in [5.74, 6) is 1.56. The van der Waals surface area contributed by atoms with Crippen LogP contribution in [0, 0.1) is 16.0 Å². The maximum absolute atomic E-state index is 10.9. The summed E-state index contributed by atoms with van der Waals surface area (Å²) in [7, 11) is 0. The molecule has 0 bridgehead atoms. The van der Waals surface area contributed by atoms with Crippen LogP contribution >= 0.6 is 34.9 Å². The lowest BCUT2D eigenvalue weighted by molar-refractivity contribution is -0.388. The highest BCUT2D eigenvalue weighted by atomic mass is 32.2. The molecule has 2 heterocycles. The number of rotatable bonds is 6. The van der Waals surface area contributed by atoms with Gasteiger partial charge in [0.15, 0.2) is 13.7 Å². The van der Waals surface area contributed by atoms with Crippen LogP contribution in [0.1, 0.15) is 13.8 Å². The maximum Gasteiger partial charge on any atom is 0.301 e. The molecule has 106 valence electrons. The van der Waals surface area contributed by atoms with E-state index in [1.165, 1.54) is 35.4 Å². The number of aromatic nitrogens is 3. The lowest BCUT2D eigenvalue weighted by Gasteiger charge is -1.99. The molecule has 0 saturated carbocycles. The molecular formula is C11H12N4O2S3. The lowest BCUT2D eigenvalue weighted by Crippen LogP contribution is -1.92. The average Bonchev–Trinajstić information content (AvgIpc) is 2.84. The van der Waals surface area contributed by atoms with E-state index in [-0.39, 0.29) is 5.69 Å². The summed E-state index contributed by atoms with van der Waals surface area (Å²) in [6, 6.07) is 2.98. The van der Waals surface area contributed by atoms with Crippen molar-refractivity contribution < 1.29 is 4.92 Å². The standard InChI is InChI=1S/C11H12N4O2S3/c1-7(2)6-18-10-13-14-11(20-10)19-9-8(15(16)17)4-3-5-12-9/h3-5,7H,6H2,1-2H3. The van der Waals surface area contributed by atoms with E-state index in [0.717, 1.165) is 10.1 Å². The molecule has 0 fully saturated rings. The number of thioether (sulfide) groups is 1. The van der Waals surface area contributed by atoms with Crippen LogP contribution in [-0.4, -0.2) is 25.9 Å². The van der Waals surface area contributed by atoms with Gasteiger partial charge in [0, 0.05) is 18.0 Å². The Bertz CT molecular complexity index is 603. The molecule has 6 nitrogen and oxygen atoms in total. The fourth-order valence-electron chi connectivity index (χ4n) is 1.22. The molecule has 2 aromatic heterocycles. The Balaban J connectivity index is 2.09. The van der Waals surface area contributed by atoms with Gasteiger partial charge in [-0.25, -0.2) is 4.98 Å². The van der Waals surface area contributed by atoms with Crippen LogP contribution in [-0.2, 0) is 0 Å². The molecule has 0 N–H and O–H groups in total. The van der Waals surface area contributed by atoms with Crippen molar-refractivity contribution in [2.45, 2.75) is 27.6 Å². The first-order chi connectivity index (χ1) is 9.56. The lowest BCUT2D eigenvalue weighted by atomic mass is 10.3. The van der Waals surface area contributed by atoms with Gasteiger partial charge < -0.3 is 0 Å². The largest absolute Gasteiger partial charge is 0.301 e. The smallest absolute Gasteiger partial charge is 0.258 e. The van der Waals surface area contributed by atoms with Crippen LogP contribution in [0.5, 0.6) is 0 Å². The second-order valence-electron chi connectivity index (χ2n) is 4.23. The van der Waals surface area contributed by atoms with Crippen LogP contribution in [0.2, 0.25) is 0 Å². The van der Waals surface area contributed by atoms with Crippen molar-refractivity contribution in [1.29, 1.82) is 0 Å². The SMILES string of the molecule is CC(C)CSc1nnc(Sc2ncccc2[N+](=O)[O-])s1. The van der Waals surface area contributed by atoms with Crippen molar-refractivity contribution >= 4 is 40.5 Å². The van der Waals surface area contributed by atoms with Gasteiger partial charge in [0.05, 0.1) is 4.92 Å². The molecular weight excluding hydrogens is 316 g/mol. The van der Waals surface area contributed by atoms with Crippen molar-refractivity contribution in [2.24, 2.45) is 5.92 Å². The third kappa shape index (κ3) is 4.15. The Hall–Kier alpha value is -1.19. The predicted octanol–water partition coefficient (Wildman–Crippen LogP) is 3.74. The van der Waals surface area contributed by atoms with Crippen LogP contribution in [0.25, 0.3) is 0 Å². The van der Waals surface area contributed by atoms with E-state index in [1.807, 2.05) is 0 Å². The summed E-state index contributed by atoms with van der Waals surface area (Å²) < 4.78 is 1.54. The second kappa shape index (κ2) is 7.00. The highest BCUT2D eigenvalue weighted by Crippen LogP contribution is 2.36. The molecule has 0 spiro atoms. The molecule has 0 saturated heterocycles. The average molecular weight is 328 g/mol. The molecule has 2 rings (SSSR count). The molecule has 0 unspecified atom stereocenters. The summed E-state index contributed by atoms with van der Waals surface area (Å²) in [4.78, 5) is 14.5. The van der Waals surface area contributed by atoms with E-state index in [0.29, 0.717) is 15.3 Å². The van der Waals surface area contributed by atoms with Crippen molar-refractivity contribution in [3.05, 3.63) is 28.4 Å². The van der Waals surface area contributed by atoms with Gasteiger partial charge >= 0.3 is 5.69 Å². The van der Waals surface area contributed by atoms with E-state index in [4.69, 9.17) is 0 Å². The summed E-state index contributed by atoms with van der Waals surface area (Å²) in [5.41, 5.74) is -0.0101. The van der Waals surface area contributed by atoms with E-state index in [1.54, 1.807) is 17.8 Å². The first-order valence-corrected chi connectivity index (χ1v) is 8.41. The predicted molar refractivity (Wildman–Crippen MR) is 80.5 cm³/mol. The molecule has 9 heteroatoms. The van der Waals surface area contributed by atoms with Crippen LogP contribution in [0.4, 0.5) is 5.69 Å². The minimum absolute atomic E-state index is 0.0101. The molecule has 0 radical (unpaired) electrons. The molecule has 0 aromatic carbocycles. The van der Waals surface area contributed by atoms with Gasteiger partial charge in [-0.15, -0.1) is 10.2 Å². The Morgan fingerprint density at radius 1 is 1.40 bits per heavy atom. The van der Waals surface area contributed by atoms with Crippen molar-refractivity contribution in [2.75, 3.05) is 5.75 Å². The minimum Gasteiger partial charge on any atom is -0.258 e. The fourth-order valence-corrected chi connectivity index (χ4v) is 4.19. The first-order valence-electron chi connectivity index (χ1n) is 5.80. The quantitative estimate of drug-likeness (QED) is 0.454. The van der Waals surface area contributed by atoms with Gasteiger partial charge in [0.25, 0.3) is 0 Å². The van der Waals surface area contributed by atoms with E-state index in [9.17, 15) is 10.1 Å². The number of hydrogen-bond donors (Lipinski definition) is 0. The number of pyridine rings is 1. The third-order valence-corrected chi connectivity index (χ3v) is 5.60. The van der Waals surface area contributed by atoms with Gasteiger partial charge in [0.2, 0.25) is 0 Å². The van der Waals surface area contributed by atoms with Gasteiger partial charge in [-0.05, 0) is 23.7 Å². The number of nitro groups is 1. The van der Waals surface area contributed by atoms with Gasteiger partial charge in [-0.2, -0.15) is 0 Å². The summed E-state index contributed by atoms with van der Waals surface area (Å²) in [6.07, 6.45) is 1.53. The number of nitrogens with zero attached hydrogens (tertiary/aromatic N) is 4. The minimum atomic E-state index is -0.440. The molecule has 0 aliphatic rings. The Kier molecular flexibility index (Phi) is 5.32. The summed E-state index contributed by atoms with van der Waals surface area (Å²) >= 11 is 4.26. The van der Waals surface area contributed by atoms with E-state index in [2.05, 4.69) is 29.0 Å². The van der Waals surface area contributed by atoms with Crippen molar-refractivity contribution in [1.82, 2.24) is 15.2 Å². The van der Waals surface area contributed by atoms with E-state index >= 15 is 0 Å². The van der Waals surface area contributed by atoms with Crippen LogP contribution in [0.15, 0.2) is 32.0 Å². The normalized spacial score (nSPS) is 10.9. The zero-order valence-corrected chi connectivity index (χ0v) is 13.3. The van der Waals surface area contributed by atoms with Crippen LogP contribution < -0.4 is 0 Å². The topological polar surface area (TPSA) is 81.8 Å². The molecule has 0 amide bonds. The second-order valence-corrected chi connectivity index (χ2v) is 7.71. The highest BCUT2D eigenvalue weighted by molar-refractivity contribution is 8.03.